The number of aromatic nitrogens is 2. The Bertz CT molecular complexity index is 460. The molecule has 0 amide bonds. The second-order valence-corrected chi connectivity index (χ2v) is 5.43. The fourth-order valence-corrected chi connectivity index (χ4v) is 2.82. The molecule has 0 aliphatic carbocycles. The summed E-state index contributed by atoms with van der Waals surface area (Å²) in [6.45, 7) is 6.05. The first-order chi connectivity index (χ1) is 8.22. The predicted octanol–water partition coefficient (Wildman–Crippen LogP) is 1.51. The number of hydrogen-bond acceptors (Lipinski definition) is 4. The van der Waals surface area contributed by atoms with Crippen LogP contribution in [0, 0.1) is 5.92 Å². The maximum Gasteiger partial charge on any atom is 0.193 e. The van der Waals surface area contributed by atoms with Crippen molar-refractivity contribution >= 4 is 16.3 Å². The molecule has 2 aromatic rings. The molecule has 94 valence electrons. The summed E-state index contributed by atoms with van der Waals surface area (Å²) < 4.78 is 2.15. The van der Waals surface area contributed by atoms with Gasteiger partial charge in [0.15, 0.2) is 4.96 Å². The molecule has 1 atom stereocenters. The lowest BCUT2D eigenvalue weighted by Crippen LogP contribution is -2.41. The number of hydrogen-bond donors (Lipinski definition) is 2. The zero-order chi connectivity index (χ0) is 12.3. The van der Waals surface area contributed by atoms with Gasteiger partial charge in [0, 0.05) is 49.0 Å². The Morgan fingerprint density at radius 3 is 3.06 bits per heavy atom. The Kier molecular flexibility index (Phi) is 4.15. The number of fused-ring (bicyclic) bond motifs is 1. The fourth-order valence-electron chi connectivity index (χ4n) is 1.93. The van der Waals surface area contributed by atoms with E-state index in [1.165, 1.54) is 5.69 Å². The van der Waals surface area contributed by atoms with Crippen LogP contribution < -0.4 is 11.1 Å². The molecule has 0 spiro atoms. The summed E-state index contributed by atoms with van der Waals surface area (Å²) in [6, 6.07) is 0.409. The molecule has 2 rings (SSSR count). The smallest absolute Gasteiger partial charge is 0.193 e. The topological polar surface area (TPSA) is 55.3 Å². The van der Waals surface area contributed by atoms with Gasteiger partial charge in [0.05, 0.1) is 0 Å². The first kappa shape index (κ1) is 12.5. The first-order valence-electron chi connectivity index (χ1n) is 6.05. The Morgan fingerprint density at radius 1 is 1.53 bits per heavy atom. The van der Waals surface area contributed by atoms with Crippen LogP contribution in [0.1, 0.15) is 19.5 Å². The fraction of sp³-hybridized carbons (Fsp3) is 0.583. The Labute approximate surface area is 106 Å². The lowest BCUT2D eigenvalue weighted by Gasteiger charge is -2.20. The van der Waals surface area contributed by atoms with Gasteiger partial charge in [0.2, 0.25) is 0 Å². The van der Waals surface area contributed by atoms with Gasteiger partial charge in [0.1, 0.15) is 0 Å². The molecular weight excluding hydrogens is 232 g/mol. The monoisotopic (exact) mass is 252 g/mol. The van der Waals surface area contributed by atoms with Crippen LogP contribution in [0.5, 0.6) is 0 Å². The minimum atomic E-state index is 0.409. The normalized spacial score (nSPS) is 13.6. The standard InChI is InChI=1S/C12H20N4S/c1-9(2)11(7-13)14-4-3-10-8-17-12-15-5-6-16(10)12/h5-6,8-9,11,14H,3-4,7,13H2,1-2H3. The number of thiazole rings is 1. The van der Waals surface area contributed by atoms with E-state index in [4.69, 9.17) is 5.73 Å². The molecule has 5 heteroatoms. The molecule has 1 unspecified atom stereocenters. The molecule has 0 bridgehead atoms. The Morgan fingerprint density at radius 2 is 2.35 bits per heavy atom. The summed E-state index contributed by atoms with van der Waals surface area (Å²) in [6.07, 6.45) is 4.88. The summed E-state index contributed by atoms with van der Waals surface area (Å²) in [4.78, 5) is 5.34. The van der Waals surface area contributed by atoms with Crippen molar-refractivity contribution in [3.05, 3.63) is 23.5 Å². The van der Waals surface area contributed by atoms with E-state index in [-0.39, 0.29) is 0 Å². The Hall–Kier alpha value is -0.910. The molecule has 0 saturated heterocycles. The second kappa shape index (κ2) is 5.62. The minimum absolute atomic E-state index is 0.409. The quantitative estimate of drug-likeness (QED) is 0.819. The van der Waals surface area contributed by atoms with E-state index in [0.717, 1.165) is 17.9 Å². The first-order valence-corrected chi connectivity index (χ1v) is 6.93. The number of nitrogens with two attached hydrogens (primary N) is 1. The Balaban J connectivity index is 1.88. The van der Waals surface area contributed by atoms with Crippen molar-refractivity contribution in [1.82, 2.24) is 14.7 Å². The molecule has 0 aromatic carbocycles. The predicted molar refractivity (Wildman–Crippen MR) is 72.5 cm³/mol. The van der Waals surface area contributed by atoms with Crippen molar-refractivity contribution in [2.24, 2.45) is 11.7 Å². The molecule has 0 aliphatic heterocycles. The van der Waals surface area contributed by atoms with Crippen LogP contribution in [0.15, 0.2) is 17.8 Å². The summed E-state index contributed by atoms with van der Waals surface area (Å²) in [5.74, 6) is 0.579. The molecule has 0 aliphatic rings. The van der Waals surface area contributed by atoms with Crippen LogP contribution in [-0.2, 0) is 6.42 Å². The third kappa shape index (κ3) is 2.86. The van der Waals surface area contributed by atoms with Crippen LogP contribution in [0.4, 0.5) is 0 Å². The molecule has 3 N–H and O–H groups in total. The lowest BCUT2D eigenvalue weighted by atomic mass is 10.0. The molecule has 0 fully saturated rings. The number of nitrogens with zero attached hydrogens (tertiary/aromatic N) is 2. The van der Waals surface area contributed by atoms with Crippen molar-refractivity contribution in [3.63, 3.8) is 0 Å². The highest BCUT2D eigenvalue weighted by Crippen LogP contribution is 2.14. The summed E-state index contributed by atoms with van der Waals surface area (Å²) >= 11 is 1.69. The van der Waals surface area contributed by atoms with Crippen LogP contribution in [0.25, 0.3) is 4.96 Å². The van der Waals surface area contributed by atoms with Crippen LogP contribution in [0.3, 0.4) is 0 Å². The average Bonchev–Trinajstić information content (AvgIpc) is 2.87. The van der Waals surface area contributed by atoms with Crippen LogP contribution in [-0.4, -0.2) is 28.5 Å². The third-order valence-electron chi connectivity index (χ3n) is 3.06. The van der Waals surface area contributed by atoms with Crippen molar-refractivity contribution in [3.8, 4) is 0 Å². The van der Waals surface area contributed by atoms with Gasteiger partial charge in [-0.1, -0.05) is 13.8 Å². The molecule has 0 radical (unpaired) electrons. The van der Waals surface area contributed by atoms with Gasteiger partial charge in [0.25, 0.3) is 0 Å². The molecule has 0 saturated carbocycles. The summed E-state index contributed by atoms with van der Waals surface area (Å²) in [7, 11) is 0. The molecular formula is C12H20N4S. The largest absolute Gasteiger partial charge is 0.329 e. The minimum Gasteiger partial charge on any atom is -0.329 e. The van der Waals surface area contributed by atoms with Crippen LogP contribution >= 0.6 is 11.3 Å². The van der Waals surface area contributed by atoms with Gasteiger partial charge in [-0.05, 0) is 5.92 Å². The van der Waals surface area contributed by atoms with E-state index >= 15 is 0 Å². The molecule has 17 heavy (non-hydrogen) atoms. The summed E-state index contributed by atoms with van der Waals surface area (Å²) in [5, 5.41) is 5.69. The highest BCUT2D eigenvalue weighted by atomic mass is 32.1. The summed E-state index contributed by atoms with van der Waals surface area (Å²) in [5.41, 5.74) is 7.05. The van der Waals surface area contributed by atoms with Crippen LogP contribution in [0.2, 0.25) is 0 Å². The maximum atomic E-state index is 5.73. The molecule has 4 nitrogen and oxygen atoms in total. The van der Waals surface area contributed by atoms with Gasteiger partial charge < -0.3 is 11.1 Å². The van der Waals surface area contributed by atoms with Gasteiger partial charge >= 0.3 is 0 Å². The van der Waals surface area contributed by atoms with E-state index in [0.29, 0.717) is 18.5 Å². The maximum absolute atomic E-state index is 5.73. The molecule has 2 aromatic heterocycles. The number of nitrogens with one attached hydrogen (secondary N) is 1. The highest BCUT2D eigenvalue weighted by molar-refractivity contribution is 7.15. The molecule has 2 heterocycles. The van der Waals surface area contributed by atoms with E-state index in [9.17, 15) is 0 Å². The average molecular weight is 252 g/mol. The number of imidazole rings is 1. The number of rotatable bonds is 6. The lowest BCUT2D eigenvalue weighted by molar-refractivity contribution is 0.408. The van der Waals surface area contributed by atoms with Crippen molar-refractivity contribution < 1.29 is 0 Å². The van der Waals surface area contributed by atoms with Crippen molar-refractivity contribution in [2.45, 2.75) is 26.3 Å². The second-order valence-electron chi connectivity index (χ2n) is 4.60. The third-order valence-corrected chi connectivity index (χ3v) is 3.97. The zero-order valence-electron chi connectivity index (χ0n) is 10.4. The van der Waals surface area contributed by atoms with E-state index in [2.05, 4.69) is 33.9 Å². The van der Waals surface area contributed by atoms with Crippen molar-refractivity contribution in [1.29, 1.82) is 0 Å². The van der Waals surface area contributed by atoms with Gasteiger partial charge in [-0.2, -0.15) is 0 Å². The SMILES string of the molecule is CC(C)C(CN)NCCc1csc2nccn12. The van der Waals surface area contributed by atoms with E-state index < -0.39 is 0 Å². The van der Waals surface area contributed by atoms with Gasteiger partial charge in [-0.15, -0.1) is 11.3 Å². The van der Waals surface area contributed by atoms with Gasteiger partial charge in [-0.3, -0.25) is 4.40 Å². The zero-order valence-corrected chi connectivity index (χ0v) is 11.2. The highest BCUT2D eigenvalue weighted by Gasteiger charge is 2.10. The van der Waals surface area contributed by atoms with E-state index in [1.54, 1.807) is 11.3 Å². The van der Waals surface area contributed by atoms with Gasteiger partial charge in [-0.25, -0.2) is 4.98 Å². The van der Waals surface area contributed by atoms with Crippen molar-refractivity contribution in [2.75, 3.05) is 13.1 Å². The van der Waals surface area contributed by atoms with E-state index in [1.807, 2.05) is 12.4 Å².